The number of hydrogen-bond acceptors (Lipinski definition) is 5. The number of rotatable bonds is 8. The molecule has 0 radical (unpaired) electrons. The van der Waals surface area contributed by atoms with E-state index in [1.807, 2.05) is 61.6 Å². The van der Waals surface area contributed by atoms with Gasteiger partial charge in [0.05, 0.1) is 28.8 Å². The zero-order valence-electron chi connectivity index (χ0n) is 24.7. The van der Waals surface area contributed by atoms with Crippen LogP contribution in [0.4, 0.5) is 29.3 Å². The number of carbonyl (C=O) groups is 2. The molecule has 0 saturated carbocycles. The van der Waals surface area contributed by atoms with Crippen molar-refractivity contribution in [2.45, 2.75) is 12.7 Å². The number of halogens is 3. The third-order valence-electron chi connectivity index (χ3n) is 7.06. The second kappa shape index (κ2) is 13.0. The monoisotopic (exact) mass is 613 g/mol. The van der Waals surface area contributed by atoms with Gasteiger partial charge in [-0.3, -0.25) is 9.78 Å². The number of pyridine rings is 1. The number of nitrogens with one attached hydrogen (secondary N) is 2. The van der Waals surface area contributed by atoms with Crippen molar-refractivity contribution in [2.24, 2.45) is 7.05 Å². The number of carbonyl (C=O) groups excluding carboxylic acids is 2. The number of benzene rings is 3. The SMILES string of the molecule is CN(C)c1ccc(-c2ccc(CNC(=O)Oc3cc(NC(=O)c4ccccc4-c4ccc(C(F)(F)F)cc4)cn3C)cc2)nc1. The van der Waals surface area contributed by atoms with Gasteiger partial charge in [-0.1, -0.05) is 54.6 Å². The van der Waals surface area contributed by atoms with Crippen molar-refractivity contribution in [1.82, 2.24) is 14.9 Å². The summed E-state index contributed by atoms with van der Waals surface area (Å²) in [6.45, 7) is 0.237. The molecule has 0 saturated heterocycles. The Hall–Kier alpha value is -5.58. The third kappa shape index (κ3) is 7.50. The topological polar surface area (TPSA) is 88.5 Å². The molecule has 8 nitrogen and oxygen atoms in total. The Morgan fingerprint density at radius 3 is 2.24 bits per heavy atom. The van der Waals surface area contributed by atoms with Crippen LogP contribution in [-0.2, 0) is 19.8 Å². The van der Waals surface area contributed by atoms with E-state index in [2.05, 4.69) is 15.6 Å². The van der Waals surface area contributed by atoms with Gasteiger partial charge < -0.3 is 24.8 Å². The summed E-state index contributed by atoms with van der Waals surface area (Å²) in [5.41, 5.74) is 4.48. The van der Waals surface area contributed by atoms with Crippen molar-refractivity contribution in [1.29, 1.82) is 0 Å². The molecule has 2 aromatic heterocycles. The van der Waals surface area contributed by atoms with Crippen molar-refractivity contribution >= 4 is 23.4 Å². The van der Waals surface area contributed by atoms with E-state index in [0.29, 0.717) is 16.8 Å². The lowest BCUT2D eigenvalue weighted by Crippen LogP contribution is -2.26. The summed E-state index contributed by atoms with van der Waals surface area (Å²) in [7, 11) is 5.57. The molecule has 11 heteroatoms. The fourth-order valence-corrected chi connectivity index (χ4v) is 4.60. The Labute approximate surface area is 258 Å². The summed E-state index contributed by atoms with van der Waals surface area (Å²) in [6, 6.07) is 24.3. The van der Waals surface area contributed by atoms with Crippen LogP contribution in [-0.4, -0.2) is 35.6 Å². The van der Waals surface area contributed by atoms with Gasteiger partial charge in [-0.25, -0.2) is 4.79 Å². The standard InChI is InChI=1S/C34H30F3N5O3/c1-41(2)27-16-17-30(38-20-27)24-10-8-22(9-11-24)19-39-33(44)45-31-18-26(21-42(31)3)40-32(43)29-7-5-4-6-28(29)23-12-14-25(15-13-23)34(35,36)37/h4-18,20-21H,19H2,1-3H3,(H,39,44)(H,40,43). The van der Waals surface area contributed by atoms with E-state index in [1.54, 1.807) is 42.1 Å². The van der Waals surface area contributed by atoms with Gasteiger partial charge in [0.2, 0.25) is 5.88 Å². The molecule has 230 valence electrons. The summed E-state index contributed by atoms with van der Waals surface area (Å²) in [5.74, 6) is -0.277. The molecule has 2 amide bonds. The zero-order valence-corrected chi connectivity index (χ0v) is 24.7. The highest BCUT2D eigenvalue weighted by Gasteiger charge is 2.30. The minimum atomic E-state index is -4.46. The minimum Gasteiger partial charge on any atom is -0.393 e. The molecule has 3 aromatic carbocycles. The van der Waals surface area contributed by atoms with Crippen molar-refractivity contribution in [3.63, 3.8) is 0 Å². The Morgan fingerprint density at radius 2 is 1.60 bits per heavy atom. The molecular weight excluding hydrogens is 583 g/mol. The lowest BCUT2D eigenvalue weighted by molar-refractivity contribution is -0.137. The molecule has 5 rings (SSSR count). The van der Waals surface area contributed by atoms with Crippen LogP contribution in [0.15, 0.2) is 103 Å². The van der Waals surface area contributed by atoms with Crippen LogP contribution in [0.3, 0.4) is 0 Å². The maximum atomic E-state index is 13.2. The van der Waals surface area contributed by atoms with Gasteiger partial charge in [0.25, 0.3) is 5.91 Å². The van der Waals surface area contributed by atoms with Gasteiger partial charge in [0.15, 0.2) is 0 Å². The highest BCUT2D eigenvalue weighted by molar-refractivity contribution is 6.08. The predicted molar refractivity (Wildman–Crippen MR) is 167 cm³/mol. The smallest absolute Gasteiger partial charge is 0.393 e. The first kappa shape index (κ1) is 30.9. The largest absolute Gasteiger partial charge is 0.416 e. The molecule has 0 aliphatic rings. The van der Waals surface area contributed by atoms with Crippen LogP contribution < -0.4 is 20.3 Å². The van der Waals surface area contributed by atoms with Crippen LogP contribution in [0.25, 0.3) is 22.4 Å². The summed E-state index contributed by atoms with van der Waals surface area (Å²) in [6.07, 6.45) is -1.74. The Kier molecular flexibility index (Phi) is 8.89. The first-order chi connectivity index (χ1) is 21.5. The summed E-state index contributed by atoms with van der Waals surface area (Å²) < 4.78 is 46.0. The quantitative estimate of drug-likeness (QED) is 0.191. The number of aryl methyl sites for hydroxylation is 1. The van der Waals surface area contributed by atoms with Gasteiger partial charge in [0.1, 0.15) is 0 Å². The Bertz CT molecular complexity index is 1800. The van der Waals surface area contributed by atoms with E-state index in [0.717, 1.165) is 34.6 Å². The second-order valence-corrected chi connectivity index (χ2v) is 10.5. The van der Waals surface area contributed by atoms with Crippen LogP contribution >= 0.6 is 0 Å². The normalized spacial score (nSPS) is 11.2. The van der Waals surface area contributed by atoms with E-state index >= 15 is 0 Å². The molecule has 2 N–H and O–H groups in total. The molecule has 0 fully saturated rings. The van der Waals surface area contributed by atoms with E-state index in [9.17, 15) is 22.8 Å². The van der Waals surface area contributed by atoms with E-state index in [-0.39, 0.29) is 18.0 Å². The summed E-state index contributed by atoms with van der Waals surface area (Å²) in [4.78, 5) is 32.2. The summed E-state index contributed by atoms with van der Waals surface area (Å²) >= 11 is 0. The average molecular weight is 614 g/mol. The number of alkyl halides is 3. The number of hydrogen-bond donors (Lipinski definition) is 2. The number of anilines is 2. The van der Waals surface area contributed by atoms with Gasteiger partial charge in [0, 0.05) is 51.1 Å². The molecular formula is C34H30F3N5O3. The number of aromatic nitrogens is 2. The maximum Gasteiger partial charge on any atom is 0.416 e. The predicted octanol–water partition coefficient (Wildman–Crippen LogP) is 7.38. The molecule has 0 bridgehead atoms. The first-order valence-corrected chi connectivity index (χ1v) is 13.9. The van der Waals surface area contributed by atoms with Crippen LogP contribution in [0.5, 0.6) is 5.88 Å². The van der Waals surface area contributed by atoms with Gasteiger partial charge >= 0.3 is 12.3 Å². The number of ether oxygens (including phenoxy) is 1. The molecule has 0 unspecified atom stereocenters. The maximum absolute atomic E-state index is 13.2. The van der Waals surface area contributed by atoms with Crippen LogP contribution in [0, 0.1) is 0 Å². The van der Waals surface area contributed by atoms with Crippen LogP contribution in [0.1, 0.15) is 21.5 Å². The van der Waals surface area contributed by atoms with Crippen molar-refractivity contribution in [3.05, 3.63) is 120 Å². The van der Waals surface area contributed by atoms with E-state index < -0.39 is 23.7 Å². The summed E-state index contributed by atoms with van der Waals surface area (Å²) in [5, 5.41) is 5.48. The van der Waals surface area contributed by atoms with Gasteiger partial charge in [-0.15, -0.1) is 0 Å². The van der Waals surface area contributed by atoms with E-state index in [1.165, 1.54) is 18.2 Å². The lowest BCUT2D eigenvalue weighted by atomic mass is 9.98. The highest BCUT2D eigenvalue weighted by Crippen LogP contribution is 2.32. The molecule has 5 aromatic rings. The third-order valence-corrected chi connectivity index (χ3v) is 7.06. The lowest BCUT2D eigenvalue weighted by Gasteiger charge is -2.12. The molecule has 0 spiro atoms. The van der Waals surface area contributed by atoms with Crippen molar-refractivity contribution in [3.8, 4) is 28.3 Å². The van der Waals surface area contributed by atoms with Crippen molar-refractivity contribution in [2.75, 3.05) is 24.3 Å². The first-order valence-electron chi connectivity index (χ1n) is 13.9. The number of nitrogens with zero attached hydrogens (tertiary/aromatic N) is 3. The van der Waals surface area contributed by atoms with Gasteiger partial charge in [-0.05, 0) is 47.0 Å². The average Bonchev–Trinajstić information content (AvgIpc) is 3.37. The molecule has 0 aliphatic heterocycles. The highest BCUT2D eigenvalue weighted by atomic mass is 19.4. The fraction of sp³-hybridized carbons (Fsp3) is 0.147. The second-order valence-electron chi connectivity index (χ2n) is 10.5. The number of amides is 2. The minimum absolute atomic E-state index is 0.196. The molecule has 45 heavy (non-hydrogen) atoms. The van der Waals surface area contributed by atoms with Crippen LogP contribution in [0.2, 0.25) is 0 Å². The Balaban J connectivity index is 1.18. The molecule has 0 atom stereocenters. The Morgan fingerprint density at radius 1 is 0.911 bits per heavy atom. The fourth-order valence-electron chi connectivity index (χ4n) is 4.60. The zero-order chi connectivity index (χ0) is 32.1. The van der Waals surface area contributed by atoms with Crippen molar-refractivity contribution < 1.29 is 27.5 Å². The van der Waals surface area contributed by atoms with E-state index in [4.69, 9.17) is 4.74 Å². The van der Waals surface area contributed by atoms with Gasteiger partial charge in [-0.2, -0.15) is 13.2 Å². The molecule has 0 aliphatic carbocycles. The molecule has 2 heterocycles.